The van der Waals surface area contributed by atoms with Crippen LogP contribution in [0.4, 0.5) is 13.2 Å². The molecular weight excluding hydrogens is 255 g/mol. The summed E-state index contributed by atoms with van der Waals surface area (Å²) in [7, 11) is 0. The van der Waals surface area contributed by atoms with Gasteiger partial charge in [0.25, 0.3) is 0 Å². The Morgan fingerprint density at radius 3 is 2.50 bits per heavy atom. The van der Waals surface area contributed by atoms with Gasteiger partial charge in [-0.1, -0.05) is 0 Å². The lowest BCUT2D eigenvalue weighted by Crippen LogP contribution is -2.56. The second kappa shape index (κ2) is 4.42. The fourth-order valence-electron chi connectivity index (χ4n) is 2.64. The fourth-order valence-corrected chi connectivity index (χ4v) is 2.64. The molecule has 0 aromatic heterocycles. The summed E-state index contributed by atoms with van der Waals surface area (Å²) in [4.78, 5) is 22.9. The van der Waals surface area contributed by atoms with Crippen molar-refractivity contribution in [2.45, 2.75) is 18.6 Å². The second-order valence-corrected chi connectivity index (χ2v) is 4.50. The van der Waals surface area contributed by atoms with Crippen molar-refractivity contribution >= 4 is 11.9 Å². The number of piperidine rings is 1. The number of carboxylic acid groups (broad SMARTS) is 1. The standard InChI is InChI=1S/C10H12F3NO4/c11-10(12,13)9(17)14-2-1-5(8(15)16)6-3-18-4-7(6)14/h5-7H,1-4H2,(H,15,16)/t5-,6+,7-/m1/s1. The highest BCUT2D eigenvalue weighted by molar-refractivity contribution is 5.82. The van der Waals surface area contributed by atoms with E-state index >= 15 is 0 Å². The van der Waals surface area contributed by atoms with E-state index in [1.54, 1.807) is 0 Å². The monoisotopic (exact) mass is 267 g/mol. The Hall–Kier alpha value is -1.31. The molecule has 3 atom stereocenters. The van der Waals surface area contributed by atoms with E-state index in [0.29, 0.717) is 4.90 Å². The largest absolute Gasteiger partial charge is 0.481 e. The van der Waals surface area contributed by atoms with Crippen molar-refractivity contribution in [2.24, 2.45) is 11.8 Å². The summed E-state index contributed by atoms with van der Waals surface area (Å²) < 4.78 is 42.2. The van der Waals surface area contributed by atoms with Gasteiger partial charge in [0.05, 0.1) is 25.2 Å². The maximum Gasteiger partial charge on any atom is 0.471 e. The summed E-state index contributed by atoms with van der Waals surface area (Å²) in [5, 5.41) is 8.99. The van der Waals surface area contributed by atoms with Gasteiger partial charge in [0.2, 0.25) is 0 Å². The van der Waals surface area contributed by atoms with Gasteiger partial charge < -0.3 is 14.7 Å². The van der Waals surface area contributed by atoms with E-state index in [9.17, 15) is 22.8 Å². The number of halogens is 3. The molecule has 1 N–H and O–H groups in total. The average molecular weight is 267 g/mol. The lowest BCUT2D eigenvalue weighted by molar-refractivity contribution is -0.191. The summed E-state index contributed by atoms with van der Waals surface area (Å²) >= 11 is 0. The van der Waals surface area contributed by atoms with Crippen LogP contribution >= 0.6 is 0 Å². The molecule has 102 valence electrons. The lowest BCUT2D eigenvalue weighted by Gasteiger charge is -2.39. The van der Waals surface area contributed by atoms with E-state index < -0.39 is 35.9 Å². The van der Waals surface area contributed by atoms with E-state index in [4.69, 9.17) is 9.84 Å². The van der Waals surface area contributed by atoms with E-state index in [1.165, 1.54) is 0 Å². The molecule has 2 aliphatic rings. The van der Waals surface area contributed by atoms with Crippen molar-refractivity contribution in [3.8, 4) is 0 Å². The molecular formula is C10H12F3NO4. The van der Waals surface area contributed by atoms with Crippen molar-refractivity contribution in [3.05, 3.63) is 0 Å². The van der Waals surface area contributed by atoms with Crippen LogP contribution in [0.5, 0.6) is 0 Å². The third-order valence-corrected chi connectivity index (χ3v) is 3.51. The molecule has 2 fully saturated rings. The Labute approximate surface area is 100 Å². The highest BCUT2D eigenvalue weighted by Gasteiger charge is 2.52. The molecule has 0 aliphatic carbocycles. The SMILES string of the molecule is O=C(O)[C@@H]1CCN(C(=O)C(F)(F)F)[C@@H]2COC[C@H]21. The quantitative estimate of drug-likeness (QED) is 0.751. The van der Waals surface area contributed by atoms with Crippen LogP contribution in [0.15, 0.2) is 0 Å². The lowest BCUT2D eigenvalue weighted by atomic mass is 9.81. The number of hydrogen-bond donors (Lipinski definition) is 1. The number of amides is 1. The third kappa shape index (κ3) is 2.16. The summed E-state index contributed by atoms with van der Waals surface area (Å²) in [6, 6.07) is -0.783. The number of aliphatic carboxylic acids is 1. The first-order valence-corrected chi connectivity index (χ1v) is 5.50. The number of ether oxygens (including phenoxy) is 1. The number of nitrogens with zero attached hydrogens (tertiary/aromatic N) is 1. The van der Waals surface area contributed by atoms with Gasteiger partial charge in [-0.25, -0.2) is 0 Å². The number of alkyl halides is 3. The minimum absolute atomic E-state index is 0.0294. The molecule has 18 heavy (non-hydrogen) atoms. The molecule has 0 bridgehead atoms. The van der Waals surface area contributed by atoms with Gasteiger partial charge in [-0.05, 0) is 6.42 Å². The molecule has 2 rings (SSSR count). The van der Waals surface area contributed by atoms with Gasteiger partial charge >= 0.3 is 18.1 Å². The highest BCUT2D eigenvalue weighted by atomic mass is 19.4. The van der Waals surface area contributed by atoms with Crippen LogP contribution in [-0.4, -0.2) is 53.9 Å². The topological polar surface area (TPSA) is 66.8 Å². The molecule has 8 heteroatoms. The number of rotatable bonds is 1. The Morgan fingerprint density at radius 2 is 1.94 bits per heavy atom. The first-order valence-electron chi connectivity index (χ1n) is 5.50. The first-order chi connectivity index (χ1) is 8.32. The Morgan fingerprint density at radius 1 is 1.28 bits per heavy atom. The summed E-state index contributed by atoms with van der Waals surface area (Å²) in [5.41, 5.74) is 0. The van der Waals surface area contributed by atoms with Crippen molar-refractivity contribution in [1.29, 1.82) is 0 Å². The summed E-state index contributed by atoms with van der Waals surface area (Å²) in [5.74, 6) is -4.25. The average Bonchev–Trinajstić information content (AvgIpc) is 2.73. The van der Waals surface area contributed by atoms with Crippen LogP contribution in [0.2, 0.25) is 0 Å². The number of fused-ring (bicyclic) bond motifs is 1. The zero-order chi connectivity index (χ0) is 13.5. The maximum absolute atomic E-state index is 12.4. The van der Waals surface area contributed by atoms with Gasteiger partial charge in [-0.3, -0.25) is 9.59 Å². The van der Waals surface area contributed by atoms with Gasteiger partial charge in [0, 0.05) is 12.5 Å². The van der Waals surface area contributed by atoms with Gasteiger partial charge in [0.15, 0.2) is 0 Å². The molecule has 2 heterocycles. The van der Waals surface area contributed by atoms with Crippen molar-refractivity contribution in [2.75, 3.05) is 19.8 Å². The molecule has 0 aromatic carbocycles. The molecule has 2 saturated heterocycles. The zero-order valence-electron chi connectivity index (χ0n) is 9.31. The number of carboxylic acids is 1. The molecule has 2 aliphatic heterocycles. The summed E-state index contributed by atoms with van der Waals surface area (Å²) in [6.07, 6.45) is -4.90. The minimum Gasteiger partial charge on any atom is -0.481 e. The minimum atomic E-state index is -4.93. The highest BCUT2D eigenvalue weighted by Crippen LogP contribution is 2.36. The van der Waals surface area contributed by atoms with E-state index in [1.807, 2.05) is 0 Å². The van der Waals surface area contributed by atoms with Gasteiger partial charge in [-0.2, -0.15) is 13.2 Å². The van der Waals surface area contributed by atoms with E-state index in [0.717, 1.165) is 0 Å². The summed E-state index contributed by atoms with van der Waals surface area (Å²) in [6.45, 7) is -0.140. The molecule has 5 nitrogen and oxygen atoms in total. The molecule has 0 aromatic rings. The fraction of sp³-hybridized carbons (Fsp3) is 0.800. The van der Waals surface area contributed by atoms with Crippen molar-refractivity contribution < 1.29 is 32.6 Å². The molecule has 0 spiro atoms. The second-order valence-electron chi connectivity index (χ2n) is 4.50. The van der Waals surface area contributed by atoms with Gasteiger partial charge in [0.1, 0.15) is 0 Å². The maximum atomic E-state index is 12.4. The number of carbonyl (C=O) groups is 2. The molecule has 0 saturated carbocycles. The van der Waals surface area contributed by atoms with Crippen molar-refractivity contribution in [3.63, 3.8) is 0 Å². The van der Waals surface area contributed by atoms with Crippen LogP contribution in [0.3, 0.4) is 0 Å². The molecule has 1 amide bonds. The predicted molar refractivity (Wildman–Crippen MR) is 51.6 cm³/mol. The normalized spacial score (nSPS) is 32.2. The zero-order valence-corrected chi connectivity index (χ0v) is 9.31. The molecule has 0 unspecified atom stereocenters. The number of hydrogen-bond acceptors (Lipinski definition) is 3. The van der Waals surface area contributed by atoms with E-state index in [-0.39, 0.29) is 26.2 Å². The van der Waals surface area contributed by atoms with Crippen LogP contribution < -0.4 is 0 Å². The van der Waals surface area contributed by atoms with Crippen LogP contribution in [0.25, 0.3) is 0 Å². The third-order valence-electron chi connectivity index (χ3n) is 3.51. The van der Waals surface area contributed by atoms with Crippen LogP contribution in [-0.2, 0) is 14.3 Å². The Kier molecular flexibility index (Phi) is 3.22. The Balaban J connectivity index is 2.18. The Bertz CT molecular complexity index is 371. The van der Waals surface area contributed by atoms with Crippen LogP contribution in [0.1, 0.15) is 6.42 Å². The smallest absolute Gasteiger partial charge is 0.471 e. The van der Waals surface area contributed by atoms with E-state index in [2.05, 4.69) is 0 Å². The predicted octanol–water partition coefficient (Wildman–Crippen LogP) is 0.497. The number of likely N-dealkylation sites (tertiary alicyclic amines) is 1. The van der Waals surface area contributed by atoms with Crippen LogP contribution in [0, 0.1) is 11.8 Å². The van der Waals surface area contributed by atoms with Gasteiger partial charge in [-0.15, -0.1) is 0 Å². The first kappa shape index (κ1) is 13.1. The van der Waals surface area contributed by atoms with Crippen molar-refractivity contribution in [1.82, 2.24) is 4.90 Å². The number of carbonyl (C=O) groups excluding carboxylic acids is 1. The molecule has 0 radical (unpaired) electrons.